The average molecular weight is 365 g/mol. The summed E-state index contributed by atoms with van der Waals surface area (Å²) in [4.78, 5) is 30.1. The summed E-state index contributed by atoms with van der Waals surface area (Å²) < 4.78 is 5.34. The van der Waals surface area contributed by atoms with E-state index < -0.39 is 0 Å². The van der Waals surface area contributed by atoms with Gasteiger partial charge in [-0.15, -0.1) is 11.3 Å². The molecule has 3 heterocycles. The Morgan fingerprint density at radius 3 is 2.84 bits per heavy atom. The third kappa shape index (κ3) is 5.03. The molecule has 0 radical (unpaired) electrons. The van der Waals surface area contributed by atoms with Crippen LogP contribution in [0.25, 0.3) is 0 Å². The molecule has 0 bridgehead atoms. The number of amides is 2. The molecule has 1 atom stereocenters. The highest BCUT2D eigenvalue weighted by Crippen LogP contribution is 2.21. The van der Waals surface area contributed by atoms with Crippen LogP contribution in [0.15, 0.2) is 17.5 Å². The second-order valence-corrected chi connectivity index (χ2v) is 7.53. The Hall–Kier alpha value is -1.44. The first-order valence-electron chi connectivity index (χ1n) is 9.18. The van der Waals surface area contributed by atoms with Crippen molar-refractivity contribution < 1.29 is 14.3 Å². The Morgan fingerprint density at radius 2 is 2.08 bits per heavy atom. The van der Waals surface area contributed by atoms with Gasteiger partial charge in [-0.1, -0.05) is 6.07 Å². The first kappa shape index (κ1) is 18.4. The second kappa shape index (κ2) is 9.31. The van der Waals surface area contributed by atoms with Crippen molar-refractivity contribution >= 4 is 23.2 Å². The fraction of sp³-hybridized carbons (Fsp3) is 0.667. The van der Waals surface area contributed by atoms with E-state index in [9.17, 15) is 9.59 Å². The number of morpholine rings is 1. The van der Waals surface area contributed by atoms with Crippen LogP contribution in [0.4, 0.5) is 0 Å². The Morgan fingerprint density at radius 1 is 1.24 bits per heavy atom. The first-order valence-corrected chi connectivity index (χ1v) is 10.1. The van der Waals surface area contributed by atoms with Gasteiger partial charge < -0.3 is 15.0 Å². The predicted octanol–water partition coefficient (Wildman–Crippen LogP) is 1.58. The van der Waals surface area contributed by atoms with Crippen molar-refractivity contribution in [2.75, 3.05) is 45.9 Å². The van der Waals surface area contributed by atoms with E-state index in [0.29, 0.717) is 18.0 Å². The van der Waals surface area contributed by atoms with Crippen LogP contribution >= 0.6 is 11.3 Å². The maximum absolute atomic E-state index is 12.7. The van der Waals surface area contributed by atoms with Crippen molar-refractivity contribution in [3.63, 3.8) is 0 Å². The number of ether oxygens (including phenoxy) is 1. The van der Waals surface area contributed by atoms with E-state index in [4.69, 9.17) is 4.74 Å². The molecule has 2 amide bonds. The molecule has 2 aliphatic heterocycles. The van der Waals surface area contributed by atoms with Gasteiger partial charge in [-0.3, -0.25) is 14.5 Å². The van der Waals surface area contributed by atoms with Gasteiger partial charge in [-0.05, 0) is 43.7 Å². The molecule has 2 aliphatic rings. The number of nitrogens with one attached hydrogen (secondary N) is 1. The Labute approximate surface area is 153 Å². The number of carbonyl (C=O) groups is 2. The number of rotatable bonds is 6. The molecule has 1 unspecified atom stereocenters. The van der Waals surface area contributed by atoms with Gasteiger partial charge in [0, 0.05) is 26.2 Å². The molecule has 0 aliphatic carbocycles. The zero-order valence-corrected chi connectivity index (χ0v) is 15.4. The van der Waals surface area contributed by atoms with Gasteiger partial charge in [0.25, 0.3) is 5.91 Å². The number of likely N-dealkylation sites (tertiary alicyclic amines) is 1. The lowest BCUT2D eigenvalue weighted by Crippen LogP contribution is -2.52. The van der Waals surface area contributed by atoms with E-state index in [0.717, 1.165) is 58.5 Å². The highest BCUT2D eigenvalue weighted by atomic mass is 32.1. The average Bonchev–Trinajstić information content (AvgIpc) is 3.20. The van der Waals surface area contributed by atoms with E-state index in [1.807, 2.05) is 17.5 Å². The fourth-order valence-electron chi connectivity index (χ4n) is 3.45. The quantitative estimate of drug-likeness (QED) is 0.778. The van der Waals surface area contributed by atoms with Crippen molar-refractivity contribution in [1.29, 1.82) is 0 Å². The second-order valence-electron chi connectivity index (χ2n) is 6.59. The maximum Gasteiger partial charge on any atom is 0.264 e. The van der Waals surface area contributed by atoms with Gasteiger partial charge in [0.2, 0.25) is 5.91 Å². The van der Waals surface area contributed by atoms with Gasteiger partial charge in [0.15, 0.2) is 0 Å². The molecular formula is C18H27N3O3S. The molecule has 7 heteroatoms. The lowest BCUT2D eigenvalue weighted by atomic mass is 10.0. The summed E-state index contributed by atoms with van der Waals surface area (Å²) in [6, 6.07) is 3.38. The Kier molecular flexibility index (Phi) is 6.84. The van der Waals surface area contributed by atoms with Gasteiger partial charge in [0.1, 0.15) is 6.04 Å². The van der Waals surface area contributed by atoms with Crippen LogP contribution in [0.1, 0.15) is 35.4 Å². The number of carbonyl (C=O) groups excluding carboxylic acids is 2. The minimum absolute atomic E-state index is 0.00779. The molecule has 25 heavy (non-hydrogen) atoms. The minimum atomic E-state index is -0.327. The zero-order valence-electron chi connectivity index (χ0n) is 14.6. The van der Waals surface area contributed by atoms with Crippen LogP contribution in [0.5, 0.6) is 0 Å². The first-order chi connectivity index (χ1) is 12.3. The van der Waals surface area contributed by atoms with Crippen molar-refractivity contribution in [2.24, 2.45) is 0 Å². The van der Waals surface area contributed by atoms with Crippen LogP contribution in [-0.4, -0.2) is 73.6 Å². The highest BCUT2D eigenvalue weighted by molar-refractivity contribution is 7.12. The van der Waals surface area contributed by atoms with Crippen LogP contribution in [0, 0.1) is 0 Å². The summed E-state index contributed by atoms with van der Waals surface area (Å²) in [6.07, 6.45) is 3.65. The maximum atomic E-state index is 12.7. The lowest BCUT2D eigenvalue weighted by Gasteiger charge is -2.34. The van der Waals surface area contributed by atoms with Gasteiger partial charge >= 0.3 is 0 Å². The molecule has 138 valence electrons. The molecule has 2 fully saturated rings. The smallest absolute Gasteiger partial charge is 0.264 e. The molecule has 1 aromatic heterocycles. The van der Waals surface area contributed by atoms with Crippen molar-refractivity contribution in [3.8, 4) is 0 Å². The number of piperidine rings is 1. The molecule has 2 saturated heterocycles. The van der Waals surface area contributed by atoms with E-state index in [2.05, 4.69) is 10.2 Å². The van der Waals surface area contributed by atoms with Gasteiger partial charge in [0.05, 0.1) is 18.1 Å². The SMILES string of the molecule is O=C(NCCCN1CCOCC1)C1CCCCN1C(=O)c1cccs1. The monoisotopic (exact) mass is 365 g/mol. The third-order valence-corrected chi connectivity index (χ3v) is 5.71. The Bertz CT molecular complexity index is 558. The summed E-state index contributed by atoms with van der Waals surface area (Å²) in [5.41, 5.74) is 0. The standard InChI is InChI=1S/C18H27N3O3S/c22-17(19-7-4-8-20-10-12-24-13-11-20)15-5-1-2-9-21(15)18(23)16-6-3-14-25-16/h3,6,14-15H,1-2,4-5,7-13H2,(H,19,22). The molecule has 6 nitrogen and oxygen atoms in total. The van der Waals surface area contributed by atoms with Crippen molar-refractivity contribution in [1.82, 2.24) is 15.1 Å². The van der Waals surface area contributed by atoms with E-state index in [-0.39, 0.29) is 17.9 Å². The van der Waals surface area contributed by atoms with E-state index >= 15 is 0 Å². The minimum Gasteiger partial charge on any atom is -0.379 e. The van der Waals surface area contributed by atoms with Gasteiger partial charge in [-0.2, -0.15) is 0 Å². The Balaban J connectivity index is 1.46. The van der Waals surface area contributed by atoms with Crippen LogP contribution in [0.2, 0.25) is 0 Å². The molecule has 0 saturated carbocycles. The molecule has 0 spiro atoms. The van der Waals surface area contributed by atoms with E-state index in [1.165, 1.54) is 11.3 Å². The normalized spacial score (nSPS) is 21.9. The summed E-state index contributed by atoms with van der Waals surface area (Å²) in [5, 5.41) is 4.94. The van der Waals surface area contributed by atoms with Gasteiger partial charge in [-0.25, -0.2) is 0 Å². The van der Waals surface area contributed by atoms with Crippen LogP contribution < -0.4 is 5.32 Å². The highest BCUT2D eigenvalue weighted by Gasteiger charge is 2.32. The van der Waals surface area contributed by atoms with Crippen molar-refractivity contribution in [3.05, 3.63) is 22.4 Å². The van der Waals surface area contributed by atoms with Crippen molar-refractivity contribution in [2.45, 2.75) is 31.7 Å². The number of thiophene rings is 1. The molecule has 3 rings (SSSR count). The van der Waals surface area contributed by atoms with Crippen LogP contribution in [-0.2, 0) is 9.53 Å². The lowest BCUT2D eigenvalue weighted by molar-refractivity contribution is -0.126. The topological polar surface area (TPSA) is 61.9 Å². The third-order valence-electron chi connectivity index (χ3n) is 4.85. The number of nitrogens with zero attached hydrogens (tertiary/aromatic N) is 2. The van der Waals surface area contributed by atoms with Crippen LogP contribution in [0.3, 0.4) is 0 Å². The largest absolute Gasteiger partial charge is 0.379 e. The summed E-state index contributed by atoms with van der Waals surface area (Å²) in [5.74, 6) is -0.0187. The zero-order chi connectivity index (χ0) is 17.5. The fourth-order valence-corrected chi connectivity index (χ4v) is 4.12. The summed E-state index contributed by atoms with van der Waals surface area (Å²) in [6.45, 7) is 5.85. The summed E-state index contributed by atoms with van der Waals surface area (Å²) >= 11 is 1.44. The number of hydrogen-bond acceptors (Lipinski definition) is 5. The molecule has 0 aromatic carbocycles. The molecule has 1 aromatic rings. The molecular weight excluding hydrogens is 338 g/mol. The molecule has 1 N–H and O–H groups in total. The summed E-state index contributed by atoms with van der Waals surface area (Å²) in [7, 11) is 0. The number of hydrogen-bond donors (Lipinski definition) is 1. The predicted molar refractivity (Wildman–Crippen MR) is 97.9 cm³/mol. The van der Waals surface area contributed by atoms with E-state index in [1.54, 1.807) is 4.90 Å².